The number of thiophene rings is 1. The van der Waals surface area contributed by atoms with E-state index in [2.05, 4.69) is 12.2 Å². The van der Waals surface area contributed by atoms with Crippen molar-refractivity contribution in [3.8, 4) is 0 Å². The van der Waals surface area contributed by atoms with Gasteiger partial charge in [-0.1, -0.05) is 19.8 Å². The number of hydrogen-bond donors (Lipinski definition) is 2. The lowest BCUT2D eigenvalue weighted by atomic mass is 9.98. The van der Waals surface area contributed by atoms with Crippen molar-refractivity contribution in [1.29, 1.82) is 0 Å². The Labute approximate surface area is 110 Å². The Hall–Kier alpha value is -1.36. The van der Waals surface area contributed by atoms with Gasteiger partial charge in [-0.25, -0.2) is 4.79 Å². The molecule has 1 fully saturated rings. The Morgan fingerprint density at radius 2 is 2.11 bits per heavy atom. The molecule has 0 radical (unpaired) electrons. The number of hydrogen-bond acceptors (Lipinski definition) is 3. The summed E-state index contributed by atoms with van der Waals surface area (Å²) in [7, 11) is 0. The third-order valence-electron chi connectivity index (χ3n) is 3.60. The van der Waals surface area contributed by atoms with Crippen LogP contribution in [0.3, 0.4) is 0 Å². The first-order valence-corrected chi connectivity index (χ1v) is 7.01. The van der Waals surface area contributed by atoms with Crippen LogP contribution in [0.15, 0.2) is 12.1 Å². The number of aromatic carboxylic acids is 1. The average molecular weight is 267 g/mol. The molecule has 1 aliphatic carbocycles. The highest BCUT2D eigenvalue weighted by molar-refractivity contribution is 7.15. The first-order chi connectivity index (χ1) is 8.58. The summed E-state index contributed by atoms with van der Waals surface area (Å²) in [6.07, 6.45) is 3.65. The van der Waals surface area contributed by atoms with Gasteiger partial charge in [0.25, 0.3) is 5.91 Å². The van der Waals surface area contributed by atoms with Crippen molar-refractivity contribution in [1.82, 2.24) is 5.32 Å². The van der Waals surface area contributed by atoms with Crippen LogP contribution in [0.5, 0.6) is 0 Å². The molecule has 0 saturated heterocycles. The van der Waals surface area contributed by atoms with E-state index in [1.54, 1.807) is 6.07 Å². The molecule has 1 aromatic rings. The van der Waals surface area contributed by atoms with Gasteiger partial charge in [0.15, 0.2) is 0 Å². The third kappa shape index (κ3) is 2.90. The fraction of sp³-hybridized carbons (Fsp3) is 0.538. The molecule has 0 bridgehead atoms. The third-order valence-corrected chi connectivity index (χ3v) is 4.68. The van der Waals surface area contributed by atoms with Gasteiger partial charge in [-0.05, 0) is 30.4 Å². The van der Waals surface area contributed by atoms with E-state index in [0.29, 0.717) is 23.3 Å². The molecule has 18 heavy (non-hydrogen) atoms. The van der Waals surface area contributed by atoms with Gasteiger partial charge in [0.2, 0.25) is 0 Å². The van der Waals surface area contributed by atoms with E-state index < -0.39 is 5.97 Å². The summed E-state index contributed by atoms with van der Waals surface area (Å²) in [6.45, 7) is 2.91. The summed E-state index contributed by atoms with van der Waals surface area (Å²) in [6, 6.07) is 3.04. The highest BCUT2D eigenvalue weighted by atomic mass is 32.1. The molecular formula is C13H17NO3S. The highest BCUT2D eigenvalue weighted by Crippen LogP contribution is 2.30. The van der Waals surface area contributed by atoms with Crippen molar-refractivity contribution in [2.75, 3.05) is 6.54 Å². The van der Waals surface area contributed by atoms with Gasteiger partial charge in [0, 0.05) is 6.54 Å². The minimum absolute atomic E-state index is 0.161. The quantitative estimate of drug-likeness (QED) is 0.881. The molecule has 1 saturated carbocycles. The number of carboxylic acids is 1. The van der Waals surface area contributed by atoms with Gasteiger partial charge in [0.1, 0.15) is 4.88 Å². The van der Waals surface area contributed by atoms with E-state index in [-0.39, 0.29) is 10.8 Å². The molecule has 2 unspecified atom stereocenters. The molecule has 1 amide bonds. The molecule has 1 aliphatic rings. The molecule has 5 heteroatoms. The minimum atomic E-state index is -0.983. The molecule has 98 valence electrons. The summed E-state index contributed by atoms with van der Waals surface area (Å²) in [5.41, 5.74) is 0. The van der Waals surface area contributed by atoms with Crippen LogP contribution in [-0.2, 0) is 0 Å². The van der Waals surface area contributed by atoms with Gasteiger partial charge < -0.3 is 10.4 Å². The van der Waals surface area contributed by atoms with E-state index in [9.17, 15) is 9.59 Å². The fourth-order valence-corrected chi connectivity index (χ4v) is 3.17. The second-order valence-electron chi connectivity index (χ2n) is 4.85. The van der Waals surface area contributed by atoms with Crippen LogP contribution < -0.4 is 5.32 Å². The maximum absolute atomic E-state index is 11.9. The molecule has 2 atom stereocenters. The van der Waals surface area contributed by atoms with Crippen molar-refractivity contribution < 1.29 is 14.7 Å². The normalized spacial score (nSPS) is 22.9. The van der Waals surface area contributed by atoms with Crippen LogP contribution in [0.4, 0.5) is 0 Å². The van der Waals surface area contributed by atoms with Gasteiger partial charge in [0.05, 0.1) is 4.88 Å². The van der Waals surface area contributed by atoms with Crippen molar-refractivity contribution in [2.45, 2.75) is 26.2 Å². The first kappa shape index (κ1) is 13.1. The summed E-state index contributed by atoms with van der Waals surface area (Å²) in [5, 5.41) is 11.7. The van der Waals surface area contributed by atoms with E-state index in [1.165, 1.54) is 25.3 Å². The maximum atomic E-state index is 11.9. The Kier molecular flexibility index (Phi) is 4.01. The van der Waals surface area contributed by atoms with Crippen LogP contribution in [0, 0.1) is 11.8 Å². The standard InChI is InChI=1S/C13H17NO3S/c1-8-3-2-4-9(8)7-14-12(15)10-5-6-11(18-10)13(16)17/h5-6,8-9H,2-4,7H2,1H3,(H,14,15)(H,16,17). The molecule has 0 spiro atoms. The zero-order chi connectivity index (χ0) is 13.1. The van der Waals surface area contributed by atoms with Crippen LogP contribution in [0.25, 0.3) is 0 Å². The first-order valence-electron chi connectivity index (χ1n) is 6.19. The number of carboxylic acid groups (broad SMARTS) is 1. The predicted molar refractivity (Wildman–Crippen MR) is 70.1 cm³/mol. The monoisotopic (exact) mass is 267 g/mol. The van der Waals surface area contributed by atoms with E-state index in [1.807, 2.05) is 0 Å². The summed E-state index contributed by atoms with van der Waals surface area (Å²) in [4.78, 5) is 23.2. The molecule has 1 heterocycles. The summed E-state index contributed by atoms with van der Waals surface area (Å²) >= 11 is 1.02. The van der Waals surface area contributed by atoms with Gasteiger partial charge in [-0.2, -0.15) is 0 Å². The van der Waals surface area contributed by atoms with Crippen molar-refractivity contribution in [2.24, 2.45) is 11.8 Å². The number of amides is 1. The lowest BCUT2D eigenvalue weighted by Crippen LogP contribution is -2.29. The number of rotatable bonds is 4. The number of nitrogens with one attached hydrogen (secondary N) is 1. The number of carbonyl (C=O) groups is 2. The van der Waals surface area contributed by atoms with Crippen LogP contribution in [-0.4, -0.2) is 23.5 Å². The zero-order valence-corrected chi connectivity index (χ0v) is 11.1. The maximum Gasteiger partial charge on any atom is 0.345 e. The molecule has 0 aromatic carbocycles. The molecule has 0 aliphatic heterocycles. The summed E-state index contributed by atoms with van der Waals surface area (Å²) in [5.74, 6) is 0.0890. The fourth-order valence-electron chi connectivity index (χ4n) is 2.41. The smallest absolute Gasteiger partial charge is 0.345 e. The molecule has 2 rings (SSSR count). The van der Waals surface area contributed by atoms with Crippen LogP contribution in [0.1, 0.15) is 45.5 Å². The summed E-state index contributed by atoms with van der Waals surface area (Å²) < 4.78 is 0. The Bertz CT molecular complexity index is 455. The van der Waals surface area contributed by atoms with Crippen LogP contribution in [0.2, 0.25) is 0 Å². The van der Waals surface area contributed by atoms with Crippen molar-refractivity contribution >= 4 is 23.2 Å². The van der Waals surface area contributed by atoms with Gasteiger partial charge >= 0.3 is 5.97 Å². The van der Waals surface area contributed by atoms with E-state index >= 15 is 0 Å². The Morgan fingerprint density at radius 1 is 1.39 bits per heavy atom. The van der Waals surface area contributed by atoms with E-state index in [0.717, 1.165) is 11.3 Å². The Balaban J connectivity index is 1.89. The molecule has 4 nitrogen and oxygen atoms in total. The van der Waals surface area contributed by atoms with Crippen molar-refractivity contribution in [3.05, 3.63) is 21.9 Å². The second-order valence-corrected chi connectivity index (χ2v) is 5.93. The topological polar surface area (TPSA) is 66.4 Å². The molecule has 1 aromatic heterocycles. The van der Waals surface area contributed by atoms with Crippen molar-refractivity contribution in [3.63, 3.8) is 0 Å². The largest absolute Gasteiger partial charge is 0.477 e. The Morgan fingerprint density at radius 3 is 2.67 bits per heavy atom. The highest BCUT2D eigenvalue weighted by Gasteiger charge is 2.24. The van der Waals surface area contributed by atoms with Gasteiger partial charge in [-0.3, -0.25) is 4.79 Å². The molecular weight excluding hydrogens is 250 g/mol. The average Bonchev–Trinajstić information content (AvgIpc) is 2.94. The predicted octanol–water partition coefficient (Wildman–Crippen LogP) is 2.61. The lowest BCUT2D eigenvalue weighted by Gasteiger charge is -2.15. The van der Waals surface area contributed by atoms with Gasteiger partial charge in [-0.15, -0.1) is 11.3 Å². The lowest BCUT2D eigenvalue weighted by molar-refractivity contribution is 0.0702. The zero-order valence-electron chi connectivity index (χ0n) is 10.3. The minimum Gasteiger partial charge on any atom is -0.477 e. The SMILES string of the molecule is CC1CCCC1CNC(=O)c1ccc(C(=O)O)s1. The molecule has 2 N–H and O–H groups in total. The van der Waals surface area contributed by atoms with Crippen LogP contribution >= 0.6 is 11.3 Å². The number of carbonyl (C=O) groups excluding carboxylic acids is 1. The van der Waals surface area contributed by atoms with E-state index in [4.69, 9.17) is 5.11 Å². The second kappa shape index (κ2) is 5.52.